The number of nitrogens with zero attached hydrogens (tertiary/aromatic N) is 1. The van der Waals surface area contributed by atoms with Gasteiger partial charge in [0, 0.05) is 24.2 Å². The molecule has 0 aliphatic rings. The van der Waals surface area contributed by atoms with Gasteiger partial charge in [0.05, 0.1) is 0 Å². The summed E-state index contributed by atoms with van der Waals surface area (Å²) in [6.07, 6.45) is 2.42. The molecule has 0 aliphatic carbocycles. The molecule has 0 spiro atoms. The third kappa shape index (κ3) is 5.99. The Hall–Kier alpha value is -4.17. The highest BCUT2D eigenvalue weighted by molar-refractivity contribution is 5.90. The van der Waals surface area contributed by atoms with Crippen LogP contribution in [0.4, 0.5) is 10.5 Å². The van der Waals surface area contributed by atoms with Crippen LogP contribution in [0.15, 0.2) is 77.2 Å². The number of fused-ring (bicyclic) bond motifs is 1. The van der Waals surface area contributed by atoms with E-state index in [0.29, 0.717) is 30.1 Å². The number of carbonyl (C=O) groups is 2. The molecule has 0 bridgehead atoms. The van der Waals surface area contributed by atoms with Crippen LogP contribution in [0.5, 0.6) is 0 Å². The van der Waals surface area contributed by atoms with Gasteiger partial charge in [0.15, 0.2) is 5.58 Å². The normalized spacial score (nSPS) is 10.7. The Balaban J connectivity index is 1.35. The Labute approximate surface area is 197 Å². The van der Waals surface area contributed by atoms with Crippen LogP contribution in [0.2, 0.25) is 0 Å². The molecule has 4 aromatic rings. The van der Waals surface area contributed by atoms with Crippen molar-refractivity contribution in [2.75, 3.05) is 11.9 Å². The van der Waals surface area contributed by atoms with Gasteiger partial charge in [-0.05, 0) is 54.3 Å². The first-order chi connectivity index (χ1) is 16.6. The highest BCUT2D eigenvalue weighted by atomic mass is 16.5. The summed E-state index contributed by atoms with van der Waals surface area (Å²) in [5, 5.41) is 14.1. The lowest BCUT2D eigenvalue weighted by atomic mass is 10.1. The van der Waals surface area contributed by atoms with E-state index in [1.807, 2.05) is 54.6 Å². The summed E-state index contributed by atoms with van der Waals surface area (Å²) in [5.41, 5.74) is 6.64. The van der Waals surface area contributed by atoms with Crippen molar-refractivity contribution in [3.05, 3.63) is 72.8 Å². The highest BCUT2D eigenvalue weighted by Crippen LogP contribution is 2.29. The van der Waals surface area contributed by atoms with E-state index < -0.39 is 5.91 Å². The van der Waals surface area contributed by atoms with Crippen molar-refractivity contribution in [1.29, 1.82) is 0 Å². The van der Waals surface area contributed by atoms with Crippen molar-refractivity contribution in [3.8, 4) is 22.6 Å². The number of carbonyl (C=O) groups excluding carboxylic acids is 2. The van der Waals surface area contributed by atoms with Crippen LogP contribution in [0.25, 0.3) is 33.7 Å². The third-order valence-electron chi connectivity index (χ3n) is 5.35. The quantitative estimate of drug-likeness (QED) is 0.153. The second kappa shape index (κ2) is 11.1. The van der Waals surface area contributed by atoms with Crippen LogP contribution in [0.1, 0.15) is 25.7 Å². The summed E-state index contributed by atoms with van der Waals surface area (Å²) in [7, 11) is 0. The zero-order chi connectivity index (χ0) is 23.8. The van der Waals surface area contributed by atoms with E-state index in [2.05, 4.69) is 27.8 Å². The number of benzene rings is 3. The Morgan fingerprint density at radius 3 is 2.50 bits per heavy atom. The minimum atomic E-state index is -0.402. The summed E-state index contributed by atoms with van der Waals surface area (Å²) in [6.45, 7) is 0.487. The summed E-state index contributed by atoms with van der Waals surface area (Å²) in [6, 6.07) is 23.0. The van der Waals surface area contributed by atoms with Crippen molar-refractivity contribution in [1.82, 2.24) is 15.8 Å². The molecule has 0 atom stereocenters. The summed E-state index contributed by atoms with van der Waals surface area (Å²) < 4.78 is 5.95. The molecule has 1 heterocycles. The molecule has 3 aromatic carbocycles. The second-order valence-corrected chi connectivity index (χ2v) is 7.87. The van der Waals surface area contributed by atoms with Crippen LogP contribution in [-0.2, 0) is 4.79 Å². The van der Waals surface area contributed by atoms with Crippen LogP contribution >= 0.6 is 0 Å². The number of oxazole rings is 1. The second-order valence-electron chi connectivity index (χ2n) is 7.87. The molecule has 3 amide bonds. The fraction of sp³-hybridized carbons (Fsp3) is 0.192. The number of hydrogen-bond acceptors (Lipinski definition) is 5. The van der Waals surface area contributed by atoms with Crippen LogP contribution in [0, 0.1) is 0 Å². The molecule has 4 N–H and O–H groups in total. The van der Waals surface area contributed by atoms with Crippen molar-refractivity contribution in [2.45, 2.75) is 25.7 Å². The minimum Gasteiger partial charge on any atom is -0.436 e. The minimum absolute atomic E-state index is 0.263. The predicted octanol–water partition coefficient (Wildman–Crippen LogP) is 5.35. The molecule has 0 unspecified atom stereocenters. The molecule has 0 saturated heterocycles. The number of hydrogen-bond donors (Lipinski definition) is 4. The fourth-order valence-electron chi connectivity index (χ4n) is 3.61. The van der Waals surface area contributed by atoms with Gasteiger partial charge >= 0.3 is 6.03 Å². The number of hydroxylamine groups is 1. The molecule has 4 rings (SSSR count). The lowest BCUT2D eigenvalue weighted by Crippen LogP contribution is -2.29. The molecular formula is C26H26N4O4. The maximum atomic E-state index is 12.2. The van der Waals surface area contributed by atoms with Gasteiger partial charge in [0.1, 0.15) is 5.52 Å². The van der Waals surface area contributed by atoms with Crippen molar-refractivity contribution in [3.63, 3.8) is 0 Å². The van der Waals surface area contributed by atoms with E-state index in [9.17, 15) is 9.59 Å². The summed E-state index contributed by atoms with van der Waals surface area (Å²) >= 11 is 0. The molecule has 8 nitrogen and oxygen atoms in total. The number of nitrogens with one attached hydrogen (secondary N) is 3. The zero-order valence-electron chi connectivity index (χ0n) is 18.6. The van der Waals surface area contributed by atoms with Gasteiger partial charge < -0.3 is 15.1 Å². The molecule has 0 aliphatic heterocycles. The van der Waals surface area contributed by atoms with E-state index in [1.54, 1.807) is 11.5 Å². The van der Waals surface area contributed by atoms with Gasteiger partial charge in [-0.25, -0.2) is 15.3 Å². The average Bonchev–Trinajstić information content (AvgIpc) is 3.30. The Morgan fingerprint density at radius 1 is 0.853 bits per heavy atom. The third-order valence-corrected chi connectivity index (χ3v) is 5.35. The lowest BCUT2D eigenvalue weighted by Gasteiger charge is -2.08. The van der Waals surface area contributed by atoms with E-state index in [0.717, 1.165) is 35.0 Å². The predicted molar refractivity (Wildman–Crippen MR) is 130 cm³/mol. The summed E-state index contributed by atoms with van der Waals surface area (Å²) in [5.74, 6) is 0.0809. The molecule has 0 fully saturated rings. The first kappa shape index (κ1) is 23.0. The molecule has 8 heteroatoms. The molecule has 0 saturated carbocycles. The topological polar surface area (TPSA) is 116 Å². The summed E-state index contributed by atoms with van der Waals surface area (Å²) in [4.78, 5) is 27.8. The number of amides is 3. The maximum absolute atomic E-state index is 12.2. The number of unbranched alkanes of at least 4 members (excludes halogenated alkanes) is 2. The van der Waals surface area contributed by atoms with Gasteiger partial charge in [-0.3, -0.25) is 10.0 Å². The maximum Gasteiger partial charge on any atom is 0.319 e. The first-order valence-corrected chi connectivity index (χ1v) is 11.2. The molecule has 0 radical (unpaired) electrons. The standard InChI is InChI=1S/C26H26N4O4/c31-24(30-33)12-5-2-6-15-27-26(32)28-21-11-7-10-20(16-21)25-29-22-17-19(13-14-23(22)34-25)18-8-3-1-4-9-18/h1,3-4,7-11,13-14,16-17,33H,2,5-6,12,15H2,(H,30,31)(H2,27,28,32). The smallest absolute Gasteiger partial charge is 0.319 e. The van der Waals surface area contributed by atoms with Gasteiger partial charge in [0.2, 0.25) is 11.8 Å². The fourth-order valence-corrected chi connectivity index (χ4v) is 3.61. The SMILES string of the molecule is O=C(CCCCCNC(=O)Nc1cccc(-c2nc3cc(-c4ccccc4)ccc3o2)c1)NO. The van der Waals surface area contributed by atoms with E-state index >= 15 is 0 Å². The lowest BCUT2D eigenvalue weighted by molar-refractivity contribution is -0.129. The van der Waals surface area contributed by atoms with Crippen LogP contribution in [0.3, 0.4) is 0 Å². The first-order valence-electron chi connectivity index (χ1n) is 11.2. The average molecular weight is 459 g/mol. The van der Waals surface area contributed by atoms with E-state index in [1.165, 1.54) is 0 Å². The largest absolute Gasteiger partial charge is 0.436 e. The van der Waals surface area contributed by atoms with Crippen molar-refractivity contribution >= 4 is 28.7 Å². The monoisotopic (exact) mass is 458 g/mol. The highest BCUT2D eigenvalue weighted by Gasteiger charge is 2.11. The number of rotatable bonds is 9. The van der Waals surface area contributed by atoms with Gasteiger partial charge in [-0.15, -0.1) is 0 Å². The molecule has 34 heavy (non-hydrogen) atoms. The number of anilines is 1. The van der Waals surface area contributed by atoms with Crippen molar-refractivity contribution in [2.24, 2.45) is 0 Å². The molecule has 1 aromatic heterocycles. The number of urea groups is 1. The Morgan fingerprint density at radius 2 is 1.68 bits per heavy atom. The molecule has 174 valence electrons. The number of aromatic nitrogens is 1. The Bertz CT molecular complexity index is 1270. The van der Waals surface area contributed by atoms with Gasteiger partial charge in [-0.2, -0.15) is 0 Å². The van der Waals surface area contributed by atoms with Crippen molar-refractivity contribution < 1.29 is 19.2 Å². The van der Waals surface area contributed by atoms with E-state index in [-0.39, 0.29) is 12.5 Å². The molecular weight excluding hydrogens is 432 g/mol. The van der Waals surface area contributed by atoms with Crippen LogP contribution in [-0.4, -0.2) is 28.7 Å². The van der Waals surface area contributed by atoms with Gasteiger partial charge in [-0.1, -0.05) is 48.9 Å². The van der Waals surface area contributed by atoms with Gasteiger partial charge in [0.25, 0.3) is 0 Å². The van der Waals surface area contributed by atoms with Crippen LogP contribution < -0.4 is 16.1 Å². The zero-order valence-corrected chi connectivity index (χ0v) is 18.6. The van der Waals surface area contributed by atoms with E-state index in [4.69, 9.17) is 9.62 Å². The Kier molecular flexibility index (Phi) is 7.52.